The van der Waals surface area contributed by atoms with Crippen molar-refractivity contribution >= 4 is 17.2 Å². The second kappa shape index (κ2) is 4.72. The van der Waals surface area contributed by atoms with Crippen LogP contribution in [0.4, 0.5) is 0 Å². The fourth-order valence-corrected chi connectivity index (χ4v) is 2.45. The van der Waals surface area contributed by atoms with E-state index in [9.17, 15) is 4.79 Å². The van der Waals surface area contributed by atoms with Crippen molar-refractivity contribution in [2.75, 3.05) is 0 Å². The minimum atomic E-state index is -0.332. The van der Waals surface area contributed by atoms with Gasteiger partial charge >= 0.3 is 0 Å². The molecule has 0 aliphatic heterocycles. The van der Waals surface area contributed by atoms with Crippen LogP contribution in [-0.2, 0) is 5.54 Å². The summed E-state index contributed by atoms with van der Waals surface area (Å²) in [5, 5.41) is 5.07. The van der Waals surface area contributed by atoms with Gasteiger partial charge in [0.05, 0.1) is 5.54 Å². The first-order valence-electron chi connectivity index (χ1n) is 5.51. The molecule has 0 saturated heterocycles. The lowest BCUT2D eigenvalue weighted by atomic mass is 10.0. The second-order valence-electron chi connectivity index (χ2n) is 4.42. The van der Waals surface area contributed by atoms with Crippen LogP contribution >= 0.6 is 11.3 Å². The number of hydrogen-bond donors (Lipinski definition) is 1. The van der Waals surface area contributed by atoms with Crippen molar-refractivity contribution in [2.24, 2.45) is 0 Å². The summed E-state index contributed by atoms with van der Waals surface area (Å²) in [6, 6.07) is 13.3. The average Bonchev–Trinajstić information content (AvgIpc) is 2.84. The van der Waals surface area contributed by atoms with Crippen LogP contribution in [0.25, 0.3) is 0 Å². The Bertz CT molecular complexity index is 488. The fraction of sp³-hybridized carbons (Fsp3) is 0.214. The van der Waals surface area contributed by atoms with Crippen LogP contribution < -0.4 is 5.32 Å². The third-order valence-electron chi connectivity index (χ3n) is 2.60. The molecule has 0 saturated carbocycles. The zero-order valence-corrected chi connectivity index (χ0v) is 10.8. The normalized spacial score (nSPS) is 11.2. The van der Waals surface area contributed by atoms with Crippen molar-refractivity contribution in [3.63, 3.8) is 0 Å². The highest BCUT2D eigenvalue weighted by Crippen LogP contribution is 2.24. The number of nitrogens with one attached hydrogen (secondary N) is 1. The highest BCUT2D eigenvalue weighted by molar-refractivity contribution is 7.10. The van der Waals surface area contributed by atoms with E-state index in [4.69, 9.17) is 0 Å². The van der Waals surface area contributed by atoms with Crippen molar-refractivity contribution in [3.8, 4) is 0 Å². The maximum Gasteiger partial charge on any atom is 0.251 e. The first-order valence-corrected chi connectivity index (χ1v) is 6.39. The van der Waals surface area contributed by atoms with Crippen molar-refractivity contribution in [1.82, 2.24) is 5.32 Å². The molecule has 1 aromatic carbocycles. The van der Waals surface area contributed by atoms with Gasteiger partial charge < -0.3 is 5.32 Å². The SMILES string of the molecule is CC(C)(NC(=O)c1ccccc1)c1cccs1. The molecule has 0 spiro atoms. The highest BCUT2D eigenvalue weighted by atomic mass is 32.1. The topological polar surface area (TPSA) is 29.1 Å². The molecule has 88 valence electrons. The summed E-state index contributed by atoms with van der Waals surface area (Å²) < 4.78 is 0. The number of rotatable bonds is 3. The molecule has 2 aromatic rings. The molecule has 0 bridgehead atoms. The predicted octanol–water partition coefficient (Wildman–Crippen LogP) is 3.41. The smallest absolute Gasteiger partial charge is 0.251 e. The van der Waals surface area contributed by atoms with Crippen molar-refractivity contribution in [3.05, 3.63) is 58.3 Å². The van der Waals surface area contributed by atoms with E-state index in [1.807, 2.05) is 61.7 Å². The standard InChI is InChI=1S/C14H15NOS/c1-14(2,12-9-6-10-17-12)15-13(16)11-7-4-3-5-8-11/h3-10H,1-2H3,(H,15,16). The lowest BCUT2D eigenvalue weighted by Gasteiger charge is -2.25. The van der Waals surface area contributed by atoms with Gasteiger partial charge in [0.1, 0.15) is 0 Å². The number of benzene rings is 1. The molecule has 1 aromatic heterocycles. The van der Waals surface area contributed by atoms with Gasteiger partial charge in [-0.25, -0.2) is 0 Å². The molecule has 0 aliphatic carbocycles. The number of carbonyl (C=O) groups excluding carboxylic acids is 1. The zero-order chi connectivity index (χ0) is 12.3. The van der Waals surface area contributed by atoms with E-state index in [1.165, 1.54) is 0 Å². The molecule has 1 N–H and O–H groups in total. The summed E-state index contributed by atoms with van der Waals surface area (Å²) in [6.07, 6.45) is 0. The molecule has 2 rings (SSSR count). The maximum absolute atomic E-state index is 12.0. The van der Waals surface area contributed by atoms with Gasteiger partial charge in [-0.3, -0.25) is 4.79 Å². The lowest BCUT2D eigenvalue weighted by molar-refractivity contribution is 0.0913. The Morgan fingerprint density at radius 3 is 2.41 bits per heavy atom. The molecule has 0 aliphatic rings. The van der Waals surface area contributed by atoms with E-state index in [0.717, 1.165) is 4.88 Å². The molecule has 2 nitrogen and oxygen atoms in total. The molecule has 3 heteroatoms. The Morgan fingerprint density at radius 2 is 1.82 bits per heavy atom. The maximum atomic E-state index is 12.0. The van der Waals surface area contributed by atoms with Crippen LogP contribution in [0.3, 0.4) is 0 Å². The molecule has 0 radical (unpaired) electrons. The fourth-order valence-electron chi connectivity index (χ4n) is 1.64. The summed E-state index contributed by atoms with van der Waals surface area (Å²) in [5.74, 6) is -0.0380. The number of carbonyl (C=O) groups is 1. The van der Waals surface area contributed by atoms with Gasteiger partial charge in [0.2, 0.25) is 0 Å². The van der Waals surface area contributed by atoms with Crippen LogP contribution in [0.1, 0.15) is 29.1 Å². The molecule has 0 fully saturated rings. The molecular weight excluding hydrogens is 230 g/mol. The molecule has 1 amide bonds. The number of hydrogen-bond acceptors (Lipinski definition) is 2. The zero-order valence-electron chi connectivity index (χ0n) is 9.94. The monoisotopic (exact) mass is 245 g/mol. The summed E-state index contributed by atoms with van der Waals surface area (Å²) in [5.41, 5.74) is 0.360. The Labute approximate surface area is 105 Å². The van der Waals surface area contributed by atoms with Gasteiger partial charge in [-0.1, -0.05) is 24.3 Å². The van der Waals surface area contributed by atoms with Gasteiger partial charge in [-0.15, -0.1) is 11.3 Å². The van der Waals surface area contributed by atoms with Crippen molar-refractivity contribution < 1.29 is 4.79 Å². The van der Waals surface area contributed by atoms with E-state index in [1.54, 1.807) is 11.3 Å². The summed E-state index contributed by atoms with van der Waals surface area (Å²) in [6.45, 7) is 4.03. The minimum Gasteiger partial charge on any atom is -0.342 e. The predicted molar refractivity (Wildman–Crippen MR) is 71.3 cm³/mol. The average molecular weight is 245 g/mol. The highest BCUT2D eigenvalue weighted by Gasteiger charge is 2.24. The Balaban J connectivity index is 2.14. The van der Waals surface area contributed by atoms with Crippen LogP contribution in [0.5, 0.6) is 0 Å². The molecular formula is C14H15NOS. The third-order valence-corrected chi connectivity index (χ3v) is 3.79. The molecule has 0 atom stereocenters. The number of thiophene rings is 1. The van der Waals surface area contributed by atoms with Crippen molar-refractivity contribution in [1.29, 1.82) is 0 Å². The van der Waals surface area contributed by atoms with E-state index in [-0.39, 0.29) is 11.4 Å². The Kier molecular flexibility index (Phi) is 3.29. The van der Waals surface area contributed by atoms with Gasteiger partial charge in [-0.2, -0.15) is 0 Å². The van der Waals surface area contributed by atoms with E-state index >= 15 is 0 Å². The first-order chi connectivity index (χ1) is 8.09. The number of amides is 1. The largest absolute Gasteiger partial charge is 0.342 e. The summed E-state index contributed by atoms with van der Waals surface area (Å²) >= 11 is 1.65. The molecule has 1 heterocycles. The summed E-state index contributed by atoms with van der Waals surface area (Å²) in [4.78, 5) is 13.2. The van der Waals surface area contributed by atoms with Gasteiger partial charge in [0, 0.05) is 10.4 Å². The lowest BCUT2D eigenvalue weighted by Crippen LogP contribution is -2.40. The second-order valence-corrected chi connectivity index (χ2v) is 5.37. The van der Waals surface area contributed by atoms with Crippen molar-refractivity contribution in [2.45, 2.75) is 19.4 Å². The Hall–Kier alpha value is -1.61. The van der Waals surface area contributed by atoms with Crippen LogP contribution in [0, 0.1) is 0 Å². The van der Waals surface area contributed by atoms with Gasteiger partial charge in [0.25, 0.3) is 5.91 Å². The molecule has 17 heavy (non-hydrogen) atoms. The first kappa shape index (κ1) is 11.9. The van der Waals surface area contributed by atoms with E-state index in [2.05, 4.69) is 5.32 Å². The van der Waals surface area contributed by atoms with E-state index in [0.29, 0.717) is 5.56 Å². The minimum absolute atomic E-state index is 0.0380. The van der Waals surface area contributed by atoms with Crippen LogP contribution in [-0.4, -0.2) is 5.91 Å². The van der Waals surface area contributed by atoms with E-state index < -0.39 is 0 Å². The van der Waals surface area contributed by atoms with Crippen LogP contribution in [0.15, 0.2) is 47.8 Å². The van der Waals surface area contributed by atoms with Gasteiger partial charge in [0.15, 0.2) is 0 Å². The quantitative estimate of drug-likeness (QED) is 0.882. The van der Waals surface area contributed by atoms with Crippen LogP contribution in [0.2, 0.25) is 0 Å². The third kappa shape index (κ3) is 2.74. The van der Waals surface area contributed by atoms with Gasteiger partial charge in [-0.05, 0) is 37.4 Å². The molecule has 0 unspecified atom stereocenters. The Morgan fingerprint density at radius 1 is 1.12 bits per heavy atom. The summed E-state index contributed by atoms with van der Waals surface area (Å²) in [7, 11) is 0.